The minimum Gasteiger partial charge on any atom is -0.493 e. The second-order valence-corrected chi connectivity index (χ2v) is 3.18. The summed E-state index contributed by atoms with van der Waals surface area (Å²) < 4.78 is 18.0. The SMILES string of the molecule is O=Cc1cc(F)cc(OCCCC(=O)O)c1. The van der Waals surface area contributed by atoms with Crippen molar-refractivity contribution in [1.29, 1.82) is 0 Å². The van der Waals surface area contributed by atoms with Gasteiger partial charge in [-0.2, -0.15) is 0 Å². The van der Waals surface area contributed by atoms with Crippen LogP contribution in [0.3, 0.4) is 0 Å². The van der Waals surface area contributed by atoms with E-state index in [4.69, 9.17) is 9.84 Å². The highest BCUT2D eigenvalue weighted by molar-refractivity contribution is 5.75. The van der Waals surface area contributed by atoms with Crippen LogP contribution in [0, 0.1) is 5.82 Å². The van der Waals surface area contributed by atoms with Gasteiger partial charge in [-0.05, 0) is 18.6 Å². The molecule has 86 valence electrons. The Balaban J connectivity index is 2.50. The lowest BCUT2D eigenvalue weighted by Crippen LogP contribution is -2.02. The molecule has 0 aliphatic carbocycles. The van der Waals surface area contributed by atoms with E-state index in [9.17, 15) is 14.0 Å². The molecule has 1 rings (SSSR count). The van der Waals surface area contributed by atoms with Gasteiger partial charge in [-0.25, -0.2) is 4.39 Å². The summed E-state index contributed by atoms with van der Waals surface area (Å²) in [5, 5.41) is 8.38. The predicted octanol–water partition coefficient (Wildman–Crippen LogP) is 1.88. The fourth-order valence-corrected chi connectivity index (χ4v) is 1.15. The molecule has 4 nitrogen and oxygen atoms in total. The molecule has 0 aliphatic heterocycles. The average Bonchev–Trinajstić information content (AvgIpc) is 2.23. The van der Waals surface area contributed by atoms with Crippen LogP contribution in [0.2, 0.25) is 0 Å². The van der Waals surface area contributed by atoms with Crippen molar-refractivity contribution in [2.24, 2.45) is 0 Å². The molecule has 5 heteroatoms. The van der Waals surface area contributed by atoms with Crippen molar-refractivity contribution in [2.45, 2.75) is 12.8 Å². The first-order chi connectivity index (χ1) is 7.61. The van der Waals surface area contributed by atoms with Gasteiger partial charge in [0, 0.05) is 18.1 Å². The van der Waals surface area contributed by atoms with E-state index >= 15 is 0 Å². The van der Waals surface area contributed by atoms with E-state index in [-0.39, 0.29) is 24.3 Å². The molecule has 0 radical (unpaired) electrons. The Labute approximate surface area is 91.7 Å². The summed E-state index contributed by atoms with van der Waals surface area (Å²) >= 11 is 0. The van der Waals surface area contributed by atoms with Gasteiger partial charge in [0.1, 0.15) is 17.9 Å². The first-order valence-electron chi connectivity index (χ1n) is 4.72. The van der Waals surface area contributed by atoms with Gasteiger partial charge in [0.25, 0.3) is 0 Å². The zero-order valence-corrected chi connectivity index (χ0v) is 8.48. The van der Waals surface area contributed by atoms with Gasteiger partial charge in [0.2, 0.25) is 0 Å². The van der Waals surface area contributed by atoms with Crippen molar-refractivity contribution in [3.05, 3.63) is 29.6 Å². The molecule has 0 atom stereocenters. The zero-order chi connectivity index (χ0) is 12.0. The molecule has 1 N–H and O–H groups in total. The summed E-state index contributed by atoms with van der Waals surface area (Å²) in [5.41, 5.74) is 0.188. The van der Waals surface area contributed by atoms with Gasteiger partial charge >= 0.3 is 5.97 Å². The molecule has 0 spiro atoms. The van der Waals surface area contributed by atoms with Crippen molar-refractivity contribution in [1.82, 2.24) is 0 Å². The molecule has 1 aromatic rings. The van der Waals surface area contributed by atoms with Gasteiger partial charge in [-0.15, -0.1) is 0 Å². The van der Waals surface area contributed by atoms with Crippen molar-refractivity contribution in [3.63, 3.8) is 0 Å². The fraction of sp³-hybridized carbons (Fsp3) is 0.273. The van der Waals surface area contributed by atoms with Gasteiger partial charge in [0.05, 0.1) is 6.61 Å². The first kappa shape index (κ1) is 12.2. The molecule has 0 saturated heterocycles. The summed E-state index contributed by atoms with van der Waals surface area (Å²) in [6.45, 7) is 0.175. The van der Waals surface area contributed by atoms with E-state index in [0.29, 0.717) is 12.7 Å². The molecule has 0 amide bonds. The van der Waals surface area contributed by atoms with E-state index in [1.807, 2.05) is 0 Å². The summed E-state index contributed by atoms with van der Waals surface area (Å²) in [6, 6.07) is 3.64. The van der Waals surface area contributed by atoms with Crippen molar-refractivity contribution in [3.8, 4) is 5.75 Å². The Morgan fingerprint density at radius 3 is 2.81 bits per heavy atom. The normalized spacial score (nSPS) is 9.81. The highest BCUT2D eigenvalue weighted by atomic mass is 19.1. The number of hydrogen-bond acceptors (Lipinski definition) is 3. The van der Waals surface area contributed by atoms with E-state index < -0.39 is 11.8 Å². The third-order valence-corrected chi connectivity index (χ3v) is 1.83. The quantitative estimate of drug-likeness (QED) is 0.594. The topological polar surface area (TPSA) is 63.6 Å². The zero-order valence-electron chi connectivity index (χ0n) is 8.48. The second kappa shape index (κ2) is 5.85. The number of carbonyl (C=O) groups excluding carboxylic acids is 1. The van der Waals surface area contributed by atoms with Gasteiger partial charge in [0.15, 0.2) is 0 Å². The lowest BCUT2D eigenvalue weighted by atomic mass is 10.2. The molecular weight excluding hydrogens is 215 g/mol. The van der Waals surface area contributed by atoms with E-state index in [0.717, 1.165) is 12.1 Å². The van der Waals surface area contributed by atoms with E-state index in [1.165, 1.54) is 6.07 Å². The van der Waals surface area contributed by atoms with Crippen LogP contribution in [0.5, 0.6) is 5.75 Å². The summed E-state index contributed by atoms with van der Waals surface area (Å²) in [6.07, 6.45) is 0.852. The maximum Gasteiger partial charge on any atom is 0.303 e. The maximum atomic E-state index is 12.9. The molecule has 0 bridgehead atoms. The first-order valence-corrected chi connectivity index (χ1v) is 4.72. The molecular formula is C11H11FO4. The molecule has 0 aromatic heterocycles. The molecule has 0 aliphatic rings. The number of hydrogen-bond donors (Lipinski definition) is 1. The Kier molecular flexibility index (Phi) is 4.44. The summed E-state index contributed by atoms with van der Waals surface area (Å²) in [7, 11) is 0. The Morgan fingerprint density at radius 2 is 2.19 bits per heavy atom. The van der Waals surface area contributed by atoms with Crippen molar-refractivity contribution in [2.75, 3.05) is 6.61 Å². The maximum absolute atomic E-state index is 12.9. The van der Waals surface area contributed by atoms with Crippen LogP contribution in [-0.4, -0.2) is 24.0 Å². The second-order valence-electron chi connectivity index (χ2n) is 3.18. The van der Waals surface area contributed by atoms with Crippen LogP contribution in [0.15, 0.2) is 18.2 Å². The van der Waals surface area contributed by atoms with Crippen molar-refractivity contribution < 1.29 is 23.8 Å². The minimum atomic E-state index is -0.906. The van der Waals surface area contributed by atoms with Crippen molar-refractivity contribution >= 4 is 12.3 Å². The van der Waals surface area contributed by atoms with E-state index in [1.54, 1.807) is 0 Å². The van der Waals surface area contributed by atoms with Crippen LogP contribution in [-0.2, 0) is 4.79 Å². The number of benzene rings is 1. The van der Waals surface area contributed by atoms with Crippen LogP contribution in [0.4, 0.5) is 4.39 Å². The smallest absolute Gasteiger partial charge is 0.303 e. The summed E-state index contributed by atoms with van der Waals surface area (Å²) in [4.78, 5) is 20.6. The predicted molar refractivity (Wildman–Crippen MR) is 54.2 cm³/mol. The monoisotopic (exact) mass is 226 g/mol. The Morgan fingerprint density at radius 1 is 1.44 bits per heavy atom. The Hall–Kier alpha value is -1.91. The molecule has 0 unspecified atom stereocenters. The highest BCUT2D eigenvalue weighted by Crippen LogP contribution is 2.15. The molecule has 0 fully saturated rings. The number of carboxylic acids is 1. The number of carbonyl (C=O) groups is 2. The van der Waals surface area contributed by atoms with Crippen LogP contribution in [0.1, 0.15) is 23.2 Å². The van der Waals surface area contributed by atoms with Gasteiger partial charge < -0.3 is 9.84 Å². The third kappa shape index (κ3) is 4.08. The number of rotatable bonds is 6. The van der Waals surface area contributed by atoms with Crippen LogP contribution < -0.4 is 4.74 Å². The highest BCUT2D eigenvalue weighted by Gasteiger charge is 2.02. The fourth-order valence-electron chi connectivity index (χ4n) is 1.15. The standard InChI is InChI=1S/C11H11FO4/c12-9-4-8(7-13)5-10(6-9)16-3-1-2-11(14)15/h4-7H,1-3H2,(H,14,15). The number of aliphatic carboxylic acids is 1. The largest absolute Gasteiger partial charge is 0.493 e. The molecule has 0 heterocycles. The van der Waals surface area contributed by atoms with Crippen LogP contribution >= 0.6 is 0 Å². The molecule has 0 saturated carbocycles. The summed E-state index contributed by atoms with van der Waals surface area (Å²) in [5.74, 6) is -1.23. The third-order valence-electron chi connectivity index (χ3n) is 1.83. The number of carboxylic acid groups (broad SMARTS) is 1. The van der Waals surface area contributed by atoms with Gasteiger partial charge in [-0.3, -0.25) is 9.59 Å². The lowest BCUT2D eigenvalue weighted by molar-refractivity contribution is -0.137. The molecule has 1 aromatic carbocycles. The van der Waals surface area contributed by atoms with Gasteiger partial charge in [-0.1, -0.05) is 0 Å². The average molecular weight is 226 g/mol. The minimum absolute atomic E-state index is 0.00411. The van der Waals surface area contributed by atoms with E-state index in [2.05, 4.69) is 0 Å². The number of halogens is 1. The van der Waals surface area contributed by atoms with Crippen LogP contribution in [0.25, 0.3) is 0 Å². The number of aldehydes is 1. The molecule has 16 heavy (non-hydrogen) atoms. The number of ether oxygens (including phenoxy) is 1. The Bertz CT molecular complexity index is 390. The lowest BCUT2D eigenvalue weighted by Gasteiger charge is -2.05.